The summed E-state index contributed by atoms with van der Waals surface area (Å²) in [4.78, 5) is 10.8. The van der Waals surface area contributed by atoms with Gasteiger partial charge in [-0.2, -0.15) is 0 Å². The van der Waals surface area contributed by atoms with E-state index < -0.39 is 17.6 Å². The van der Waals surface area contributed by atoms with Gasteiger partial charge in [-0.25, -0.2) is 13.6 Å². The average Bonchev–Trinajstić information content (AvgIpc) is 2.47. The highest BCUT2D eigenvalue weighted by atomic mass is 19.2. The first-order valence-corrected chi connectivity index (χ1v) is 6.32. The number of halogens is 2. The molecular formula is C15H14F2N2O2. The van der Waals surface area contributed by atoms with E-state index in [2.05, 4.69) is 10.6 Å². The molecule has 0 saturated carbocycles. The van der Waals surface area contributed by atoms with E-state index in [0.717, 1.165) is 12.1 Å². The molecule has 3 N–H and O–H groups in total. The van der Waals surface area contributed by atoms with Crippen molar-refractivity contribution in [1.82, 2.24) is 0 Å². The van der Waals surface area contributed by atoms with Gasteiger partial charge in [0.25, 0.3) is 0 Å². The van der Waals surface area contributed by atoms with Crippen LogP contribution in [0.15, 0.2) is 42.5 Å². The minimum Gasteiger partial charge on any atom is -0.478 e. The summed E-state index contributed by atoms with van der Waals surface area (Å²) in [5, 5.41) is 14.8. The van der Waals surface area contributed by atoms with Crippen LogP contribution in [0.5, 0.6) is 0 Å². The van der Waals surface area contributed by atoms with Gasteiger partial charge in [-0.05, 0) is 36.4 Å². The summed E-state index contributed by atoms with van der Waals surface area (Å²) in [6.07, 6.45) is 0. The molecule has 2 rings (SSSR count). The number of anilines is 2. The Hall–Kier alpha value is -2.63. The number of hydrogen-bond donors (Lipinski definition) is 3. The van der Waals surface area contributed by atoms with Gasteiger partial charge in [0, 0.05) is 24.5 Å². The third kappa shape index (κ3) is 4.17. The summed E-state index contributed by atoms with van der Waals surface area (Å²) in [6.45, 7) is 0.977. The molecule has 0 heterocycles. The van der Waals surface area contributed by atoms with Crippen LogP contribution in [0.25, 0.3) is 0 Å². The van der Waals surface area contributed by atoms with Gasteiger partial charge in [-0.3, -0.25) is 0 Å². The van der Waals surface area contributed by atoms with Crippen LogP contribution in [0.2, 0.25) is 0 Å². The normalized spacial score (nSPS) is 10.2. The molecule has 0 saturated heterocycles. The second-order valence-corrected chi connectivity index (χ2v) is 4.37. The lowest BCUT2D eigenvalue weighted by atomic mass is 10.2. The van der Waals surface area contributed by atoms with Crippen molar-refractivity contribution in [3.8, 4) is 0 Å². The molecule has 0 unspecified atom stereocenters. The number of rotatable bonds is 6. The molecule has 0 aliphatic heterocycles. The molecule has 0 amide bonds. The lowest BCUT2D eigenvalue weighted by Gasteiger charge is -2.09. The second-order valence-electron chi connectivity index (χ2n) is 4.37. The largest absolute Gasteiger partial charge is 0.478 e. The van der Waals surface area contributed by atoms with Crippen molar-refractivity contribution in [3.05, 3.63) is 59.7 Å². The van der Waals surface area contributed by atoms with Gasteiger partial charge in [0.2, 0.25) is 0 Å². The predicted octanol–water partition coefficient (Wildman–Crippen LogP) is 3.19. The number of aromatic carboxylic acids is 1. The number of nitrogens with one attached hydrogen (secondary N) is 2. The van der Waals surface area contributed by atoms with Crippen LogP contribution >= 0.6 is 0 Å². The first-order valence-electron chi connectivity index (χ1n) is 6.32. The van der Waals surface area contributed by atoms with Gasteiger partial charge >= 0.3 is 5.97 Å². The molecule has 0 aromatic heterocycles. The number of hydrogen-bond acceptors (Lipinski definition) is 3. The lowest BCUT2D eigenvalue weighted by molar-refractivity contribution is 0.0697. The minimum absolute atomic E-state index is 0.202. The van der Waals surface area contributed by atoms with E-state index in [9.17, 15) is 13.6 Å². The highest BCUT2D eigenvalue weighted by Gasteiger charge is 2.03. The molecule has 0 bridgehead atoms. The third-order valence-corrected chi connectivity index (χ3v) is 2.81. The number of benzene rings is 2. The molecule has 21 heavy (non-hydrogen) atoms. The van der Waals surface area contributed by atoms with Gasteiger partial charge in [-0.15, -0.1) is 0 Å². The van der Waals surface area contributed by atoms with Crippen molar-refractivity contribution < 1.29 is 18.7 Å². The van der Waals surface area contributed by atoms with Crippen molar-refractivity contribution in [2.75, 3.05) is 23.7 Å². The molecule has 6 heteroatoms. The van der Waals surface area contributed by atoms with Crippen LogP contribution in [0.4, 0.5) is 20.2 Å². The SMILES string of the molecule is O=C(O)c1cccc(NCCNc2ccc(F)c(F)c2)c1. The van der Waals surface area contributed by atoms with Gasteiger partial charge in [0.1, 0.15) is 0 Å². The highest BCUT2D eigenvalue weighted by Crippen LogP contribution is 2.13. The van der Waals surface area contributed by atoms with Crippen LogP contribution in [-0.4, -0.2) is 24.2 Å². The molecule has 2 aromatic rings. The third-order valence-electron chi connectivity index (χ3n) is 2.81. The lowest BCUT2D eigenvalue weighted by Crippen LogP contribution is -2.14. The zero-order chi connectivity index (χ0) is 15.2. The van der Waals surface area contributed by atoms with Crippen molar-refractivity contribution >= 4 is 17.3 Å². The average molecular weight is 292 g/mol. The monoisotopic (exact) mass is 292 g/mol. The van der Waals surface area contributed by atoms with E-state index in [1.807, 2.05) is 0 Å². The fraction of sp³-hybridized carbons (Fsp3) is 0.133. The van der Waals surface area contributed by atoms with Gasteiger partial charge in [-0.1, -0.05) is 6.07 Å². The zero-order valence-electron chi connectivity index (χ0n) is 11.1. The Bertz CT molecular complexity index is 647. The Kier molecular flexibility index (Phi) is 4.71. The Balaban J connectivity index is 1.83. The van der Waals surface area contributed by atoms with E-state index in [4.69, 9.17) is 5.11 Å². The maximum Gasteiger partial charge on any atom is 0.335 e. The molecule has 110 valence electrons. The molecule has 0 atom stereocenters. The molecule has 2 aromatic carbocycles. The molecule has 4 nitrogen and oxygen atoms in total. The van der Waals surface area contributed by atoms with Crippen LogP contribution < -0.4 is 10.6 Å². The number of carboxylic acids is 1. The summed E-state index contributed by atoms with van der Waals surface area (Å²) in [5.74, 6) is -2.77. The Labute approximate surface area is 120 Å². The number of carbonyl (C=O) groups is 1. The molecule has 0 fully saturated rings. The fourth-order valence-corrected chi connectivity index (χ4v) is 1.78. The van der Waals surface area contributed by atoms with E-state index in [0.29, 0.717) is 24.5 Å². The standard InChI is InChI=1S/C15H14F2N2O2/c16-13-5-4-12(9-14(13)17)19-7-6-18-11-3-1-2-10(8-11)15(20)21/h1-5,8-9,18-19H,6-7H2,(H,20,21). The maximum atomic E-state index is 13.0. The summed E-state index contributed by atoms with van der Waals surface area (Å²) in [5.41, 5.74) is 1.37. The molecule has 0 radical (unpaired) electrons. The zero-order valence-corrected chi connectivity index (χ0v) is 11.1. The fourth-order valence-electron chi connectivity index (χ4n) is 1.78. The van der Waals surface area contributed by atoms with Crippen LogP contribution in [0.1, 0.15) is 10.4 Å². The van der Waals surface area contributed by atoms with Crippen LogP contribution in [-0.2, 0) is 0 Å². The first kappa shape index (κ1) is 14.8. The van der Waals surface area contributed by atoms with E-state index in [1.54, 1.807) is 12.1 Å². The first-order chi connectivity index (χ1) is 10.1. The Morgan fingerprint density at radius 2 is 1.62 bits per heavy atom. The van der Waals surface area contributed by atoms with Gasteiger partial charge < -0.3 is 15.7 Å². The van der Waals surface area contributed by atoms with Crippen LogP contribution in [0.3, 0.4) is 0 Å². The molecule has 0 aliphatic rings. The topological polar surface area (TPSA) is 61.4 Å². The predicted molar refractivity (Wildman–Crippen MR) is 76.7 cm³/mol. The summed E-state index contributed by atoms with van der Waals surface area (Å²) in [7, 11) is 0. The Morgan fingerprint density at radius 3 is 2.24 bits per heavy atom. The summed E-state index contributed by atoms with van der Waals surface area (Å²) in [6, 6.07) is 10.0. The highest BCUT2D eigenvalue weighted by molar-refractivity contribution is 5.88. The van der Waals surface area contributed by atoms with Crippen molar-refractivity contribution in [3.63, 3.8) is 0 Å². The van der Waals surface area contributed by atoms with Gasteiger partial charge in [0.15, 0.2) is 11.6 Å². The van der Waals surface area contributed by atoms with Crippen molar-refractivity contribution in [2.45, 2.75) is 0 Å². The quantitative estimate of drug-likeness (QED) is 0.716. The summed E-state index contributed by atoms with van der Waals surface area (Å²) >= 11 is 0. The number of carboxylic acid groups (broad SMARTS) is 1. The van der Waals surface area contributed by atoms with Gasteiger partial charge in [0.05, 0.1) is 5.56 Å². The van der Waals surface area contributed by atoms with Crippen molar-refractivity contribution in [2.24, 2.45) is 0 Å². The maximum absolute atomic E-state index is 13.0. The Morgan fingerprint density at radius 1 is 0.952 bits per heavy atom. The van der Waals surface area contributed by atoms with E-state index in [1.165, 1.54) is 18.2 Å². The smallest absolute Gasteiger partial charge is 0.335 e. The second kappa shape index (κ2) is 6.69. The van der Waals surface area contributed by atoms with Crippen LogP contribution in [0, 0.1) is 11.6 Å². The van der Waals surface area contributed by atoms with Crippen molar-refractivity contribution in [1.29, 1.82) is 0 Å². The molecule has 0 spiro atoms. The molecular weight excluding hydrogens is 278 g/mol. The minimum atomic E-state index is -0.987. The van der Waals surface area contributed by atoms with E-state index >= 15 is 0 Å². The molecule has 0 aliphatic carbocycles. The summed E-state index contributed by atoms with van der Waals surface area (Å²) < 4.78 is 25.7. The van der Waals surface area contributed by atoms with E-state index in [-0.39, 0.29) is 5.56 Å².